The Labute approximate surface area is 107 Å². The highest BCUT2D eigenvalue weighted by Gasteiger charge is 2.13. The maximum Gasteiger partial charge on any atom is 0.191 e. The second-order valence-corrected chi connectivity index (χ2v) is 4.58. The van der Waals surface area contributed by atoms with Crippen LogP contribution in [0.4, 0.5) is 0 Å². The number of benzene rings is 1. The average Bonchev–Trinajstić information content (AvgIpc) is 2.72. The third-order valence-electron chi connectivity index (χ3n) is 2.28. The van der Waals surface area contributed by atoms with Gasteiger partial charge < -0.3 is 14.8 Å². The summed E-state index contributed by atoms with van der Waals surface area (Å²) in [5.41, 5.74) is 0.183. The molecular formula is C11H11N3O3S. The third kappa shape index (κ3) is 2.62. The molecule has 0 saturated heterocycles. The Hall–Kier alpha value is -2.02. The second kappa shape index (κ2) is 5.09. The van der Waals surface area contributed by atoms with E-state index < -0.39 is 0 Å². The molecule has 0 aliphatic carbocycles. The number of hydrogen-bond acceptors (Lipinski definition) is 6. The number of carbonyl (C=O) groups excluding carboxylic acids is 1. The highest BCUT2D eigenvalue weighted by molar-refractivity contribution is 7.99. The van der Waals surface area contributed by atoms with Crippen LogP contribution >= 0.6 is 11.8 Å². The van der Waals surface area contributed by atoms with Gasteiger partial charge in [-0.15, -0.1) is 10.2 Å². The van der Waals surface area contributed by atoms with Crippen LogP contribution < -0.4 is 0 Å². The normalized spacial score (nSPS) is 10.5. The standard InChI is InChI=1S/C11H11N3O3S/c1-14-6-12-13-11(14)18-5-10(17)8-3-2-7(15)4-9(8)16/h2-4,6,15-16H,5H2,1H3. The van der Waals surface area contributed by atoms with Gasteiger partial charge in [-0.1, -0.05) is 11.8 Å². The number of phenols is 2. The zero-order valence-corrected chi connectivity index (χ0v) is 10.4. The lowest BCUT2D eigenvalue weighted by atomic mass is 10.1. The Bertz CT molecular complexity index is 583. The molecule has 6 nitrogen and oxygen atoms in total. The Balaban J connectivity index is 2.06. The van der Waals surface area contributed by atoms with E-state index in [1.165, 1.54) is 23.9 Å². The van der Waals surface area contributed by atoms with E-state index in [0.29, 0.717) is 5.16 Å². The first-order valence-electron chi connectivity index (χ1n) is 5.10. The quantitative estimate of drug-likeness (QED) is 0.638. The summed E-state index contributed by atoms with van der Waals surface area (Å²) in [5.74, 6) is -0.394. The van der Waals surface area contributed by atoms with Crippen LogP contribution in [0.1, 0.15) is 10.4 Å². The summed E-state index contributed by atoms with van der Waals surface area (Å²) in [4.78, 5) is 11.9. The van der Waals surface area contributed by atoms with E-state index in [0.717, 1.165) is 6.07 Å². The summed E-state index contributed by atoms with van der Waals surface area (Å²) in [7, 11) is 1.78. The predicted octanol–water partition coefficient (Wildman–Crippen LogP) is 1.20. The molecule has 2 aromatic rings. The number of carbonyl (C=O) groups is 1. The fraction of sp³-hybridized carbons (Fsp3) is 0.182. The van der Waals surface area contributed by atoms with E-state index in [1.54, 1.807) is 17.9 Å². The molecule has 2 N–H and O–H groups in total. The van der Waals surface area contributed by atoms with Gasteiger partial charge in [0.2, 0.25) is 0 Å². The second-order valence-electron chi connectivity index (χ2n) is 3.64. The molecule has 0 spiro atoms. The Morgan fingerprint density at radius 3 is 2.83 bits per heavy atom. The van der Waals surface area contributed by atoms with Gasteiger partial charge in [-0.3, -0.25) is 4.79 Å². The Morgan fingerprint density at radius 1 is 1.44 bits per heavy atom. The number of aryl methyl sites for hydroxylation is 1. The maximum absolute atomic E-state index is 11.9. The molecule has 0 amide bonds. The number of thioether (sulfide) groups is 1. The fourth-order valence-corrected chi connectivity index (χ4v) is 2.14. The summed E-state index contributed by atoms with van der Waals surface area (Å²) in [6.45, 7) is 0. The summed E-state index contributed by atoms with van der Waals surface area (Å²) < 4.78 is 1.70. The summed E-state index contributed by atoms with van der Waals surface area (Å²) in [5, 5.41) is 26.9. The zero-order chi connectivity index (χ0) is 13.1. The molecule has 1 aromatic heterocycles. The molecule has 18 heavy (non-hydrogen) atoms. The lowest BCUT2D eigenvalue weighted by molar-refractivity contribution is 0.102. The van der Waals surface area contributed by atoms with E-state index in [-0.39, 0.29) is 28.6 Å². The summed E-state index contributed by atoms with van der Waals surface area (Å²) >= 11 is 1.24. The summed E-state index contributed by atoms with van der Waals surface area (Å²) in [6, 6.07) is 3.89. The molecule has 0 aliphatic rings. The Kier molecular flexibility index (Phi) is 3.52. The predicted molar refractivity (Wildman–Crippen MR) is 65.8 cm³/mol. The minimum absolute atomic E-state index is 0.0787. The number of nitrogens with zero attached hydrogens (tertiary/aromatic N) is 3. The lowest BCUT2D eigenvalue weighted by Crippen LogP contribution is -2.03. The monoisotopic (exact) mass is 265 g/mol. The summed E-state index contributed by atoms with van der Waals surface area (Å²) in [6.07, 6.45) is 1.55. The van der Waals surface area contributed by atoms with Crippen LogP contribution in [-0.4, -0.2) is 36.5 Å². The van der Waals surface area contributed by atoms with Gasteiger partial charge in [-0.2, -0.15) is 0 Å². The van der Waals surface area contributed by atoms with Crippen molar-refractivity contribution in [3.8, 4) is 11.5 Å². The van der Waals surface area contributed by atoms with Gasteiger partial charge in [-0.05, 0) is 12.1 Å². The van der Waals surface area contributed by atoms with Crippen LogP contribution in [0.3, 0.4) is 0 Å². The maximum atomic E-state index is 11.9. The topological polar surface area (TPSA) is 88.2 Å². The van der Waals surface area contributed by atoms with Crippen molar-refractivity contribution >= 4 is 17.5 Å². The molecule has 0 atom stereocenters. The molecule has 2 rings (SSSR count). The van der Waals surface area contributed by atoms with Crippen molar-refractivity contribution in [3.05, 3.63) is 30.1 Å². The van der Waals surface area contributed by atoms with Gasteiger partial charge in [-0.25, -0.2) is 0 Å². The van der Waals surface area contributed by atoms with Gasteiger partial charge in [0.1, 0.15) is 17.8 Å². The zero-order valence-electron chi connectivity index (χ0n) is 9.57. The number of aromatic nitrogens is 3. The molecule has 1 heterocycles. The first-order valence-corrected chi connectivity index (χ1v) is 6.08. The van der Waals surface area contributed by atoms with E-state index in [2.05, 4.69) is 10.2 Å². The van der Waals surface area contributed by atoms with Gasteiger partial charge in [0, 0.05) is 13.1 Å². The van der Waals surface area contributed by atoms with Crippen LogP contribution in [0, 0.1) is 0 Å². The number of aromatic hydroxyl groups is 2. The van der Waals surface area contributed by atoms with Crippen molar-refractivity contribution in [2.24, 2.45) is 7.05 Å². The highest BCUT2D eigenvalue weighted by atomic mass is 32.2. The van der Waals surface area contributed by atoms with Crippen LogP contribution in [0.2, 0.25) is 0 Å². The van der Waals surface area contributed by atoms with Gasteiger partial charge in [0.25, 0.3) is 0 Å². The third-order valence-corrected chi connectivity index (χ3v) is 3.32. The molecular weight excluding hydrogens is 254 g/mol. The number of phenolic OH excluding ortho intramolecular Hbond substituents is 2. The smallest absolute Gasteiger partial charge is 0.191 e. The molecule has 0 bridgehead atoms. The average molecular weight is 265 g/mol. The minimum atomic E-state index is -0.236. The molecule has 0 fully saturated rings. The van der Waals surface area contributed by atoms with E-state index in [4.69, 9.17) is 5.11 Å². The van der Waals surface area contributed by atoms with Crippen molar-refractivity contribution in [1.29, 1.82) is 0 Å². The van der Waals surface area contributed by atoms with Crippen LogP contribution in [0.25, 0.3) is 0 Å². The molecule has 0 unspecified atom stereocenters. The van der Waals surface area contributed by atoms with Crippen molar-refractivity contribution in [3.63, 3.8) is 0 Å². The van der Waals surface area contributed by atoms with Crippen molar-refractivity contribution in [1.82, 2.24) is 14.8 Å². The molecule has 1 aromatic carbocycles. The number of hydrogen-bond donors (Lipinski definition) is 2. The lowest BCUT2D eigenvalue weighted by Gasteiger charge is -2.04. The first-order chi connectivity index (χ1) is 8.58. The highest BCUT2D eigenvalue weighted by Crippen LogP contribution is 2.25. The largest absolute Gasteiger partial charge is 0.508 e. The first kappa shape index (κ1) is 12.4. The van der Waals surface area contributed by atoms with Crippen molar-refractivity contribution in [2.75, 3.05) is 5.75 Å². The molecule has 94 valence electrons. The van der Waals surface area contributed by atoms with Gasteiger partial charge in [0.15, 0.2) is 10.9 Å². The minimum Gasteiger partial charge on any atom is -0.508 e. The van der Waals surface area contributed by atoms with Gasteiger partial charge in [0.05, 0.1) is 11.3 Å². The Morgan fingerprint density at radius 2 is 2.22 bits per heavy atom. The van der Waals surface area contributed by atoms with Crippen molar-refractivity contribution in [2.45, 2.75) is 5.16 Å². The number of Topliss-reactive ketones (excluding diaryl/α,β-unsaturated/α-hetero) is 1. The van der Waals surface area contributed by atoms with Gasteiger partial charge >= 0.3 is 0 Å². The van der Waals surface area contributed by atoms with Crippen LogP contribution in [-0.2, 0) is 7.05 Å². The molecule has 7 heteroatoms. The molecule has 0 aliphatic heterocycles. The number of rotatable bonds is 4. The SMILES string of the molecule is Cn1cnnc1SCC(=O)c1ccc(O)cc1O. The molecule has 0 radical (unpaired) electrons. The van der Waals surface area contributed by atoms with Crippen molar-refractivity contribution < 1.29 is 15.0 Å². The fourth-order valence-electron chi connectivity index (χ4n) is 1.37. The van der Waals surface area contributed by atoms with Crippen LogP contribution in [0.5, 0.6) is 11.5 Å². The number of ketones is 1. The van der Waals surface area contributed by atoms with E-state index >= 15 is 0 Å². The van der Waals surface area contributed by atoms with Crippen LogP contribution in [0.15, 0.2) is 29.7 Å². The molecule has 0 saturated carbocycles. The van der Waals surface area contributed by atoms with E-state index in [1.807, 2.05) is 0 Å². The van der Waals surface area contributed by atoms with E-state index in [9.17, 15) is 9.90 Å².